The van der Waals surface area contributed by atoms with Crippen LogP contribution in [0.4, 0.5) is 4.39 Å². The molecule has 2 atom stereocenters. The third-order valence-corrected chi connectivity index (χ3v) is 6.56. The van der Waals surface area contributed by atoms with E-state index in [0.29, 0.717) is 12.1 Å². The highest BCUT2D eigenvalue weighted by Crippen LogP contribution is 2.38. The molecule has 1 amide bonds. The Morgan fingerprint density at radius 1 is 1.09 bits per heavy atom. The van der Waals surface area contributed by atoms with Crippen LogP contribution in [0.2, 0.25) is 5.02 Å². The van der Waals surface area contributed by atoms with Gasteiger partial charge in [-0.3, -0.25) is 19.4 Å². The summed E-state index contributed by atoms with van der Waals surface area (Å²) in [6.07, 6.45) is 2.10. The molecular weight excluding hydrogens is 455 g/mol. The number of aryl methyl sites for hydroxylation is 2. The summed E-state index contributed by atoms with van der Waals surface area (Å²) < 4.78 is 13.6. The average Bonchev–Trinajstić information content (AvgIpc) is 3.09. The Balaban J connectivity index is 1.48. The summed E-state index contributed by atoms with van der Waals surface area (Å²) in [7, 11) is 0. The Morgan fingerprint density at radius 3 is 2.47 bits per heavy atom. The van der Waals surface area contributed by atoms with Gasteiger partial charge in [0.2, 0.25) is 0 Å². The van der Waals surface area contributed by atoms with Crippen LogP contribution in [0.15, 0.2) is 54.7 Å². The maximum Gasteiger partial charge on any atom is 0.269 e. The van der Waals surface area contributed by atoms with E-state index in [0.717, 1.165) is 27.8 Å². The van der Waals surface area contributed by atoms with Crippen molar-refractivity contribution >= 4 is 29.1 Å². The number of carbonyl (C=O) groups is 3. The van der Waals surface area contributed by atoms with Gasteiger partial charge in [-0.2, -0.15) is 0 Å². The minimum Gasteiger partial charge on any atom is -0.351 e. The Hall–Kier alpha value is -3.38. The van der Waals surface area contributed by atoms with Gasteiger partial charge in [-0.05, 0) is 72.4 Å². The van der Waals surface area contributed by atoms with E-state index in [-0.39, 0.29) is 35.5 Å². The van der Waals surface area contributed by atoms with Crippen LogP contribution < -0.4 is 5.32 Å². The van der Waals surface area contributed by atoms with Crippen LogP contribution in [0.1, 0.15) is 45.9 Å². The second-order valence-corrected chi connectivity index (χ2v) is 9.02. The number of nitrogens with one attached hydrogen (secondary N) is 1. The fourth-order valence-corrected chi connectivity index (χ4v) is 4.80. The molecule has 1 fully saturated rings. The Kier molecular flexibility index (Phi) is 6.89. The van der Waals surface area contributed by atoms with Crippen molar-refractivity contribution in [2.75, 3.05) is 6.54 Å². The Morgan fingerprint density at radius 2 is 1.82 bits per heavy atom. The first kappa shape index (κ1) is 23.8. The highest BCUT2D eigenvalue weighted by Gasteiger charge is 2.42. The number of benzene rings is 2. The van der Waals surface area contributed by atoms with Crippen LogP contribution >= 0.6 is 11.6 Å². The number of halogens is 2. The summed E-state index contributed by atoms with van der Waals surface area (Å²) in [5.41, 5.74) is 4.29. The zero-order valence-corrected chi connectivity index (χ0v) is 19.7. The molecule has 1 aliphatic carbocycles. The molecule has 0 bridgehead atoms. The second-order valence-electron chi connectivity index (χ2n) is 8.61. The monoisotopic (exact) mass is 478 g/mol. The Labute approximate surface area is 202 Å². The van der Waals surface area contributed by atoms with E-state index < -0.39 is 17.7 Å². The summed E-state index contributed by atoms with van der Waals surface area (Å²) in [6, 6.07) is 13.4. The predicted molar refractivity (Wildman–Crippen MR) is 128 cm³/mol. The normalized spacial score (nSPS) is 17.8. The number of aromatic nitrogens is 1. The van der Waals surface area contributed by atoms with Gasteiger partial charge < -0.3 is 5.32 Å². The van der Waals surface area contributed by atoms with Crippen molar-refractivity contribution in [1.29, 1.82) is 0 Å². The van der Waals surface area contributed by atoms with E-state index in [1.807, 2.05) is 26.0 Å². The first-order valence-electron chi connectivity index (χ1n) is 11.1. The van der Waals surface area contributed by atoms with Gasteiger partial charge in [0.05, 0.1) is 5.02 Å². The molecule has 5 nitrogen and oxygen atoms in total. The summed E-state index contributed by atoms with van der Waals surface area (Å²) in [5.74, 6) is -2.24. The number of hydrogen-bond acceptors (Lipinski definition) is 4. The lowest BCUT2D eigenvalue weighted by Crippen LogP contribution is -2.27. The average molecular weight is 479 g/mol. The van der Waals surface area contributed by atoms with Gasteiger partial charge in [0.1, 0.15) is 23.2 Å². The van der Waals surface area contributed by atoms with Crippen LogP contribution in [0.3, 0.4) is 0 Å². The molecule has 2 aromatic carbocycles. The molecule has 3 aromatic rings. The van der Waals surface area contributed by atoms with Gasteiger partial charge in [-0.15, -0.1) is 0 Å². The van der Waals surface area contributed by atoms with Crippen LogP contribution in [-0.2, 0) is 9.59 Å². The van der Waals surface area contributed by atoms with Crippen LogP contribution in [0, 0.1) is 25.6 Å². The van der Waals surface area contributed by atoms with Gasteiger partial charge >= 0.3 is 0 Å². The van der Waals surface area contributed by atoms with Crippen molar-refractivity contribution in [2.45, 2.75) is 32.6 Å². The highest BCUT2D eigenvalue weighted by molar-refractivity contribution is 6.31. The molecule has 0 spiro atoms. The smallest absolute Gasteiger partial charge is 0.269 e. The van der Waals surface area contributed by atoms with Gasteiger partial charge in [0.25, 0.3) is 5.91 Å². The van der Waals surface area contributed by atoms with Crippen molar-refractivity contribution in [2.24, 2.45) is 5.92 Å². The van der Waals surface area contributed by atoms with E-state index in [4.69, 9.17) is 11.6 Å². The molecule has 1 aromatic heterocycles. The van der Waals surface area contributed by atoms with Crippen molar-refractivity contribution in [3.8, 4) is 11.1 Å². The topological polar surface area (TPSA) is 76.1 Å². The number of pyridine rings is 1. The maximum atomic E-state index is 13.6. The molecule has 1 saturated carbocycles. The number of rotatable bonds is 6. The largest absolute Gasteiger partial charge is 0.351 e. The molecule has 0 aliphatic heterocycles. The molecule has 2 unspecified atom stereocenters. The fourth-order valence-electron chi connectivity index (χ4n) is 4.62. The molecule has 1 N–H and O–H groups in total. The van der Waals surface area contributed by atoms with E-state index in [1.54, 1.807) is 36.5 Å². The van der Waals surface area contributed by atoms with E-state index in [1.165, 1.54) is 6.07 Å². The van der Waals surface area contributed by atoms with E-state index in [9.17, 15) is 18.8 Å². The van der Waals surface area contributed by atoms with Gasteiger partial charge in [-0.25, -0.2) is 4.39 Å². The molecular formula is C27H24ClFN2O3. The number of hydrogen-bond donors (Lipinski definition) is 1. The zero-order chi connectivity index (χ0) is 24.4. The number of carbonyl (C=O) groups excluding carboxylic acids is 3. The number of ketones is 2. The maximum absolute atomic E-state index is 13.6. The summed E-state index contributed by atoms with van der Waals surface area (Å²) in [4.78, 5) is 42.3. The lowest BCUT2D eigenvalue weighted by atomic mass is 9.85. The molecule has 0 radical (unpaired) electrons. The van der Waals surface area contributed by atoms with Crippen molar-refractivity contribution < 1.29 is 18.8 Å². The molecule has 34 heavy (non-hydrogen) atoms. The van der Waals surface area contributed by atoms with E-state index in [2.05, 4.69) is 10.3 Å². The summed E-state index contributed by atoms with van der Waals surface area (Å²) >= 11 is 5.93. The molecule has 1 aliphatic rings. The van der Waals surface area contributed by atoms with Gasteiger partial charge in [-0.1, -0.05) is 35.9 Å². The van der Waals surface area contributed by atoms with Crippen LogP contribution in [0.5, 0.6) is 0 Å². The first-order chi connectivity index (χ1) is 16.3. The quantitative estimate of drug-likeness (QED) is 0.493. The molecule has 1 heterocycles. The van der Waals surface area contributed by atoms with Crippen LogP contribution in [0.25, 0.3) is 11.1 Å². The summed E-state index contributed by atoms with van der Waals surface area (Å²) in [6.45, 7) is 4.03. The number of nitrogens with zero attached hydrogens (tertiary/aromatic N) is 1. The minimum absolute atomic E-state index is 0.0380. The lowest BCUT2D eigenvalue weighted by molar-refractivity contribution is -0.124. The first-order valence-corrected chi connectivity index (χ1v) is 11.5. The third kappa shape index (κ3) is 4.77. The van der Waals surface area contributed by atoms with E-state index >= 15 is 0 Å². The standard InChI is InChI=1S/C27H24ClFN2O3/c1-15-11-19(17-6-7-21(29)20(28)13-17)12-16(2)24(15)25-23(32)14-18(26(25)33)8-10-31-27(34)22-5-3-4-9-30-22/h3-7,9,11-13,18,25H,8,10,14H2,1-2H3,(H,31,34). The summed E-state index contributed by atoms with van der Waals surface area (Å²) in [5, 5.41) is 2.81. The predicted octanol–water partition coefficient (Wildman–Crippen LogP) is 5.22. The minimum atomic E-state index is -0.803. The third-order valence-electron chi connectivity index (χ3n) is 6.27. The number of Topliss-reactive ketones (excluding diaryl/α,β-unsaturated/α-hetero) is 2. The van der Waals surface area contributed by atoms with Crippen molar-refractivity contribution in [3.05, 3.63) is 88.0 Å². The highest BCUT2D eigenvalue weighted by atomic mass is 35.5. The van der Waals surface area contributed by atoms with Crippen LogP contribution in [-0.4, -0.2) is 29.0 Å². The van der Waals surface area contributed by atoms with Gasteiger partial charge in [0, 0.05) is 25.1 Å². The molecule has 4 rings (SSSR count). The lowest BCUT2D eigenvalue weighted by Gasteiger charge is -2.17. The number of amides is 1. The zero-order valence-electron chi connectivity index (χ0n) is 18.9. The fraction of sp³-hybridized carbons (Fsp3) is 0.259. The SMILES string of the molecule is Cc1cc(-c2ccc(F)c(Cl)c2)cc(C)c1C1C(=O)CC(CCNC(=O)c2ccccn2)C1=O. The molecule has 0 saturated heterocycles. The van der Waals surface area contributed by atoms with Crippen molar-refractivity contribution in [3.63, 3.8) is 0 Å². The molecule has 7 heteroatoms. The second kappa shape index (κ2) is 9.85. The van der Waals surface area contributed by atoms with Crippen molar-refractivity contribution in [1.82, 2.24) is 10.3 Å². The Bertz CT molecular complexity index is 1250. The molecule has 174 valence electrons. The van der Waals surface area contributed by atoms with Gasteiger partial charge in [0.15, 0.2) is 5.78 Å².